The highest BCUT2D eigenvalue weighted by molar-refractivity contribution is 5.92. The van der Waals surface area contributed by atoms with Gasteiger partial charge < -0.3 is 18.9 Å². The fraction of sp³-hybridized carbons (Fsp3) is 0.0952. The van der Waals surface area contributed by atoms with Gasteiger partial charge in [-0.05, 0) is 54.1 Å². The number of furan rings is 1. The summed E-state index contributed by atoms with van der Waals surface area (Å²) in [6.07, 6.45) is 1.82. The van der Waals surface area contributed by atoms with Gasteiger partial charge in [0.25, 0.3) is 5.89 Å². The van der Waals surface area contributed by atoms with E-state index < -0.39 is 0 Å². The maximum absolute atomic E-state index is 12.2. The van der Waals surface area contributed by atoms with Crippen molar-refractivity contribution in [2.45, 2.75) is 6.42 Å². The zero-order valence-electron chi connectivity index (χ0n) is 15.1. The number of aromatic nitrogens is 2. The smallest absolute Gasteiger partial charge is 0.283 e. The largest absolute Gasteiger partial charge is 0.497 e. The molecular formula is C21H17N3O4. The van der Waals surface area contributed by atoms with Gasteiger partial charge >= 0.3 is 0 Å². The Labute approximate surface area is 161 Å². The Balaban J connectivity index is 1.39. The van der Waals surface area contributed by atoms with Crippen molar-refractivity contribution in [2.24, 2.45) is 0 Å². The topological polar surface area (TPSA) is 90.4 Å². The van der Waals surface area contributed by atoms with E-state index in [2.05, 4.69) is 15.5 Å². The van der Waals surface area contributed by atoms with Crippen LogP contribution in [0.25, 0.3) is 23.1 Å². The van der Waals surface area contributed by atoms with Crippen molar-refractivity contribution < 1.29 is 18.4 Å². The molecule has 2 aromatic carbocycles. The minimum atomic E-state index is -0.101. The van der Waals surface area contributed by atoms with Crippen molar-refractivity contribution in [3.05, 3.63) is 72.5 Å². The van der Waals surface area contributed by atoms with Gasteiger partial charge in [-0.1, -0.05) is 12.1 Å². The molecule has 2 aromatic heterocycles. The van der Waals surface area contributed by atoms with Crippen LogP contribution in [0.4, 0.5) is 5.69 Å². The number of nitrogens with one attached hydrogen (secondary N) is 1. The van der Waals surface area contributed by atoms with Crippen LogP contribution in [0.1, 0.15) is 5.56 Å². The van der Waals surface area contributed by atoms with Gasteiger partial charge in [-0.25, -0.2) is 0 Å². The molecule has 28 heavy (non-hydrogen) atoms. The second kappa shape index (κ2) is 7.79. The van der Waals surface area contributed by atoms with Crippen molar-refractivity contribution >= 4 is 11.6 Å². The summed E-state index contributed by atoms with van der Waals surface area (Å²) in [6, 6.07) is 18.1. The van der Waals surface area contributed by atoms with E-state index in [0.29, 0.717) is 23.2 Å². The number of benzene rings is 2. The highest BCUT2D eigenvalue weighted by Crippen LogP contribution is 2.25. The third-order valence-electron chi connectivity index (χ3n) is 4.10. The molecule has 1 amide bonds. The first-order valence-corrected chi connectivity index (χ1v) is 8.62. The summed E-state index contributed by atoms with van der Waals surface area (Å²) < 4.78 is 16.0. The second-order valence-corrected chi connectivity index (χ2v) is 6.04. The molecular weight excluding hydrogens is 358 g/mol. The molecule has 4 rings (SSSR count). The molecule has 0 aliphatic rings. The molecule has 0 saturated heterocycles. The van der Waals surface area contributed by atoms with Crippen molar-refractivity contribution in [3.8, 4) is 28.9 Å². The van der Waals surface area contributed by atoms with E-state index in [1.165, 1.54) is 0 Å². The molecule has 0 radical (unpaired) electrons. The summed E-state index contributed by atoms with van der Waals surface area (Å²) in [6.45, 7) is 0. The molecule has 0 unspecified atom stereocenters. The molecule has 0 aliphatic carbocycles. The van der Waals surface area contributed by atoms with E-state index in [9.17, 15) is 4.79 Å². The number of hydrogen-bond acceptors (Lipinski definition) is 6. The average molecular weight is 375 g/mol. The summed E-state index contributed by atoms with van der Waals surface area (Å²) in [5, 5.41) is 10.9. The molecule has 0 bridgehead atoms. The van der Waals surface area contributed by atoms with E-state index in [-0.39, 0.29) is 12.3 Å². The first kappa shape index (κ1) is 17.5. The fourth-order valence-electron chi connectivity index (χ4n) is 2.67. The molecule has 0 spiro atoms. The first-order valence-electron chi connectivity index (χ1n) is 8.62. The molecule has 0 atom stereocenters. The van der Waals surface area contributed by atoms with Gasteiger partial charge in [0, 0.05) is 11.3 Å². The molecule has 2 heterocycles. The van der Waals surface area contributed by atoms with Crippen LogP contribution in [0.3, 0.4) is 0 Å². The lowest BCUT2D eigenvalue weighted by molar-refractivity contribution is -0.115. The van der Waals surface area contributed by atoms with Crippen LogP contribution in [-0.2, 0) is 11.2 Å². The van der Waals surface area contributed by atoms with Gasteiger partial charge in [0.2, 0.25) is 11.8 Å². The lowest BCUT2D eigenvalue weighted by atomic mass is 10.1. The standard InChI is InChI=1S/C21H17N3O4/c1-26-17-10-4-14(5-11-17)13-19(25)22-16-8-6-15(7-9-16)20-23-24-21(28-20)18-3-2-12-27-18/h2-12H,13H2,1H3,(H,22,25). The van der Waals surface area contributed by atoms with Gasteiger partial charge in [-0.3, -0.25) is 4.79 Å². The minimum Gasteiger partial charge on any atom is -0.497 e. The summed E-state index contributed by atoms with van der Waals surface area (Å²) >= 11 is 0. The molecule has 7 nitrogen and oxygen atoms in total. The van der Waals surface area contributed by atoms with Crippen LogP contribution in [0.2, 0.25) is 0 Å². The highest BCUT2D eigenvalue weighted by Gasteiger charge is 2.12. The Kier molecular flexibility index (Phi) is 4.88. The zero-order valence-corrected chi connectivity index (χ0v) is 15.1. The SMILES string of the molecule is COc1ccc(CC(=O)Nc2ccc(-c3nnc(-c4ccco4)o3)cc2)cc1. The van der Waals surface area contributed by atoms with E-state index in [4.69, 9.17) is 13.6 Å². The maximum atomic E-state index is 12.2. The molecule has 4 aromatic rings. The Morgan fingerprint density at radius 1 is 1.00 bits per heavy atom. The Bertz CT molecular complexity index is 1050. The van der Waals surface area contributed by atoms with Crippen LogP contribution < -0.4 is 10.1 Å². The van der Waals surface area contributed by atoms with Crippen molar-refractivity contribution in [2.75, 3.05) is 12.4 Å². The van der Waals surface area contributed by atoms with Crippen LogP contribution >= 0.6 is 0 Å². The quantitative estimate of drug-likeness (QED) is 0.543. The predicted octanol–water partition coefficient (Wildman–Crippen LogP) is 4.19. The van der Waals surface area contributed by atoms with Crippen LogP contribution in [-0.4, -0.2) is 23.2 Å². The fourth-order valence-corrected chi connectivity index (χ4v) is 2.67. The third-order valence-corrected chi connectivity index (χ3v) is 4.10. The van der Waals surface area contributed by atoms with E-state index in [1.807, 2.05) is 36.4 Å². The lowest BCUT2D eigenvalue weighted by Crippen LogP contribution is -2.14. The summed E-state index contributed by atoms with van der Waals surface area (Å²) in [5.41, 5.74) is 2.35. The zero-order chi connectivity index (χ0) is 19.3. The Morgan fingerprint density at radius 3 is 2.43 bits per heavy atom. The molecule has 0 saturated carbocycles. The molecule has 0 fully saturated rings. The molecule has 1 N–H and O–H groups in total. The first-order chi connectivity index (χ1) is 13.7. The number of ether oxygens (including phenoxy) is 1. The molecule has 7 heteroatoms. The lowest BCUT2D eigenvalue weighted by Gasteiger charge is -2.06. The van der Waals surface area contributed by atoms with Gasteiger partial charge in [-0.15, -0.1) is 10.2 Å². The number of rotatable bonds is 6. The number of carbonyl (C=O) groups excluding carboxylic acids is 1. The van der Waals surface area contributed by atoms with E-state index in [0.717, 1.165) is 16.9 Å². The highest BCUT2D eigenvalue weighted by atomic mass is 16.5. The number of nitrogens with zero attached hydrogens (tertiary/aromatic N) is 2. The number of carbonyl (C=O) groups is 1. The van der Waals surface area contributed by atoms with Crippen LogP contribution in [0.5, 0.6) is 5.75 Å². The van der Waals surface area contributed by atoms with Crippen LogP contribution in [0, 0.1) is 0 Å². The number of amides is 1. The van der Waals surface area contributed by atoms with Gasteiger partial charge in [0.05, 0.1) is 19.8 Å². The summed E-state index contributed by atoms with van der Waals surface area (Å²) in [7, 11) is 1.61. The van der Waals surface area contributed by atoms with Gasteiger partial charge in [0.15, 0.2) is 5.76 Å². The van der Waals surface area contributed by atoms with Crippen molar-refractivity contribution in [1.82, 2.24) is 10.2 Å². The Hall–Kier alpha value is -3.87. The number of methoxy groups -OCH3 is 1. The maximum Gasteiger partial charge on any atom is 0.283 e. The monoisotopic (exact) mass is 375 g/mol. The van der Waals surface area contributed by atoms with E-state index in [1.54, 1.807) is 37.6 Å². The Morgan fingerprint density at radius 2 is 1.75 bits per heavy atom. The second-order valence-electron chi connectivity index (χ2n) is 6.04. The average Bonchev–Trinajstić information content (AvgIpc) is 3.41. The number of anilines is 1. The van der Waals surface area contributed by atoms with E-state index >= 15 is 0 Å². The van der Waals surface area contributed by atoms with Crippen LogP contribution in [0.15, 0.2) is 75.8 Å². The third kappa shape index (κ3) is 3.93. The minimum absolute atomic E-state index is 0.101. The van der Waals surface area contributed by atoms with Gasteiger partial charge in [0.1, 0.15) is 5.75 Å². The van der Waals surface area contributed by atoms with Crippen molar-refractivity contribution in [3.63, 3.8) is 0 Å². The van der Waals surface area contributed by atoms with Gasteiger partial charge in [-0.2, -0.15) is 0 Å². The summed E-state index contributed by atoms with van der Waals surface area (Å²) in [5.74, 6) is 1.87. The van der Waals surface area contributed by atoms with Crippen molar-refractivity contribution in [1.29, 1.82) is 0 Å². The number of hydrogen-bond donors (Lipinski definition) is 1. The summed E-state index contributed by atoms with van der Waals surface area (Å²) in [4.78, 5) is 12.2. The molecule has 0 aliphatic heterocycles. The predicted molar refractivity (Wildman–Crippen MR) is 103 cm³/mol. The molecule has 140 valence electrons. The normalized spacial score (nSPS) is 10.6.